The van der Waals surface area contributed by atoms with E-state index in [1.807, 2.05) is 128 Å². The first kappa shape index (κ1) is 27.5. The third-order valence-electron chi connectivity index (χ3n) is 3.13. The van der Waals surface area contributed by atoms with Crippen LogP contribution in [-0.2, 0) is 25.2 Å². The molecule has 30 heavy (non-hydrogen) atoms. The average molecular weight is 486 g/mol. The smallest absolute Gasteiger partial charge is 0.00878 e. The van der Waals surface area contributed by atoms with Crippen LogP contribution in [0.2, 0.25) is 0 Å². The van der Waals surface area contributed by atoms with Crippen LogP contribution in [0.25, 0.3) is 0 Å². The molecule has 1 nitrogen and oxygen atoms in total. The van der Waals surface area contributed by atoms with Crippen LogP contribution in [0.15, 0.2) is 121 Å². The number of rotatable bonds is 0. The Kier molecular flexibility index (Phi) is 22.5. The molecule has 0 aliphatic carbocycles. The maximum atomic E-state index is 4.82. The molecule has 4 aromatic rings. The maximum Gasteiger partial charge on any atom is 0.00878 e. The van der Waals surface area contributed by atoms with Crippen LogP contribution in [-0.4, -0.2) is 6.61 Å². The maximum absolute atomic E-state index is 4.82. The summed E-state index contributed by atoms with van der Waals surface area (Å²) in [4.78, 5) is 0. The molecule has 0 spiro atoms. The van der Waals surface area contributed by atoms with Crippen molar-refractivity contribution in [3.8, 4) is 0 Å². The fourth-order valence-corrected chi connectivity index (χ4v) is 1.78. The molecule has 1 fully saturated rings. The zero-order chi connectivity index (χ0) is 20.5. The summed E-state index contributed by atoms with van der Waals surface area (Å²) in [6, 6.07) is 50.0. The largest absolute Gasteiger partial charge is 0.552 e. The first-order chi connectivity index (χ1) is 14.5. The topological polar surface area (TPSA) is 9.23 Å². The minimum atomic E-state index is 0. The van der Waals surface area contributed by atoms with Crippen LogP contribution in [0.1, 0.15) is 12.8 Å². The van der Waals surface area contributed by atoms with E-state index >= 15 is 0 Å². The molecule has 1 saturated heterocycles. The van der Waals surface area contributed by atoms with Crippen LogP contribution in [0.5, 0.6) is 0 Å². The molecule has 1 aliphatic rings. The van der Waals surface area contributed by atoms with Gasteiger partial charge in [-0.2, -0.15) is 152 Å². The summed E-state index contributed by atoms with van der Waals surface area (Å²) >= 11 is 0. The summed E-state index contributed by atoms with van der Waals surface area (Å²) in [5, 5.41) is 0. The van der Waals surface area contributed by atoms with Gasteiger partial charge in [-0.15, -0.1) is 0 Å². The molecular weight excluding hydrogens is 459 g/mol. The van der Waals surface area contributed by atoms with E-state index in [-0.39, 0.29) is 20.4 Å². The molecule has 1 heterocycles. The number of hydrogen-bond donors (Lipinski definition) is 0. The molecular formula is C28H27OPd-5. The standard InChI is InChI=1S/4C6H5.C4H7O.Pd/c4*1-2-4-6-5-3-1;1-2-4-5-3-1;/h4*1-5H;3H,1-2,4H2;/q5*-1;. The van der Waals surface area contributed by atoms with E-state index < -0.39 is 0 Å². The Hall–Kier alpha value is -2.50. The summed E-state index contributed by atoms with van der Waals surface area (Å²) in [5.41, 5.74) is 0. The normalized spacial score (nSPS) is 10.4. The van der Waals surface area contributed by atoms with Gasteiger partial charge in [-0.05, 0) is 0 Å². The van der Waals surface area contributed by atoms with E-state index in [0.29, 0.717) is 0 Å². The van der Waals surface area contributed by atoms with Gasteiger partial charge in [0.1, 0.15) is 0 Å². The molecule has 0 atom stereocenters. The Balaban J connectivity index is 0.000000348. The number of hydrogen-bond acceptors (Lipinski definition) is 1. The minimum absolute atomic E-state index is 0. The van der Waals surface area contributed by atoms with E-state index in [2.05, 4.69) is 24.3 Å². The summed E-state index contributed by atoms with van der Waals surface area (Å²) < 4.78 is 4.82. The molecule has 0 unspecified atom stereocenters. The van der Waals surface area contributed by atoms with Crippen molar-refractivity contribution >= 4 is 0 Å². The molecule has 4 aromatic carbocycles. The van der Waals surface area contributed by atoms with Crippen molar-refractivity contribution in [3.63, 3.8) is 0 Å². The SMILES string of the molecule is [CH-]1CCCO1.[Pd].[c-]1ccccc1.[c-]1ccccc1.[c-]1ccccc1.[c-]1ccccc1. The average Bonchev–Trinajstić information content (AvgIpc) is 3.45. The fraction of sp³-hybridized carbons (Fsp3) is 0.107. The van der Waals surface area contributed by atoms with Crippen molar-refractivity contribution in [2.45, 2.75) is 12.8 Å². The van der Waals surface area contributed by atoms with Crippen LogP contribution >= 0.6 is 0 Å². The monoisotopic (exact) mass is 485 g/mol. The summed E-state index contributed by atoms with van der Waals surface area (Å²) in [7, 11) is 0. The van der Waals surface area contributed by atoms with Crippen molar-refractivity contribution in [2.75, 3.05) is 6.61 Å². The Morgan fingerprint density at radius 3 is 0.833 bits per heavy atom. The number of benzene rings is 4. The second kappa shape index (κ2) is 24.5. The molecule has 2 heteroatoms. The zero-order valence-electron chi connectivity index (χ0n) is 17.0. The molecule has 0 aromatic heterocycles. The summed E-state index contributed by atoms with van der Waals surface area (Å²) in [6.07, 6.45) is 2.38. The van der Waals surface area contributed by atoms with Gasteiger partial charge in [0.05, 0.1) is 0 Å². The van der Waals surface area contributed by atoms with Gasteiger partial charge in [0, 0.05) is 27.0 Å². The third kappa shape index (κ3) is 21.8. The molecule has 0 bridgehead atoms. The molecule has 0 saturated carbocycles. The van der Waals surface area contributed by atoms with E-state index in [1.165, 1.54) is 6.42 Å². The van der Waals surface area contributed by atoms with E-state index in [1.54, 1.807) is 0 Å². The number of ether oxygens (including phenoxy) is 1. The van der Waals surface area contributed by atoms with E-state index in [9.17, 15) is 0 Å². The van der Waals surface area contributed by atoms with Gasteiger partial charge in [-0.1, -0.05) is 6.42 Å². The first-order valence-corrected chi connectivity index (χ1v) is 9.58. The zero-order valence-corrected chi connectivity index (χ0v) is 18.5. The van der Waals surface area contributed by atoms with Crippen molar-refractivity contribution in [2.24, 2.45) is 0 Å². The molecule has 5 rings (SSSR count). The predicted octanol–water partition coefficient (Wildman–Crippen LogP) is 6.90. The Morgan fingerprint density at radius 1 is 0.467 bits per heavy atom. The second-order valence-corrected chi connectivity index (χ2v) is 5.49. The third-order valence-corrected chi connectivity index (χ3v) is 3.13. The van der Waals surface area contributed by atoms with Crippen LogP contribution in [0.4, 0.5) is 0 Å². The Labute approximate surface area is 196 Å². The Bertz CT molecular complexity index is 490. The minimum Gasteiger partial charge on any atom is -0.552 e. The van der Waals surface area contributed by atoms with Gasteiger partial charge in [0.25, 0.3) is 0 Å². The van der Waals surface area contributed by atoms with Gasteiger partial charge in [-0.25, -0.2) is 6.61 Å². The molecule has 0 amide bonds. The van der Waals surface area contributed by atoms with E-state index in [4.69, 9.17) is 4.74 Å². The molecule has 0 N–H and O–H groups in total. The molecule has 0 radical (unpaired) electrons. The summed E-state index contributed by atoms with van der Waals surface area (Å²) in [6.45, 7) is 2.81. The Morgan fingerprint density at radius 2 is 0.767 bits per heavy atom. The van der Waals surface area contributed by atoms with Crippen LogP contribution < -0.4 is 0 Å². The van der Waals surface area contributed by atoms with Gasteiger partial charge < -0.3 is 4.74 Å². The van der Waals surface area contributed by atoms with Crippen LogP contribution in [0, 0.1) is 30.9 Å². The predicted molar refractivity (Wildman–Crippen MR) is 121 cm³/mol. The van der Waals surface area contributed by atoms with Gasteiger partial charge in [-0.3, -0.25) is 0 Å². The van der Waals surface area contributed by atoms with Crippen molar-refractivity contribution < 1.29 is 25.2 Å². The van der Waals surface area contributed by atoms with E-state index in [0.717, 1.165) is 13.0 Å². The second-order valence-electron chi connectivity index (χ2n) is 5.49. The fourth-order valence-electron chi connectivity index (χ4n) is 1.78. The van der Waals surface area contributed by atoms with Crippen molar-refractivity contribution in [3.05, 3.63) is 152 Å². The summed E-state index contributed by atoms with van der Waals surface area (Å²) in [5.74, 6) is 0. The quantitative estimate of drug-likeness (QED) is 0.194. The van der Waals surface area contributed by atoms with Crippen molar-refractivity contribution in [1.29, 1.82) is 0 Å². The first-order valence-electron chi connectivity index (χ1n) is 9.58. The van der Waals surface area contributed by atoms with Crippen LogP contribution in [0.3, 0.4) is 0 Å². The molecule has 160 valence electrons. The van der Waals surface area contributed by atoms with Gasteiger partial charge in [0.15, 0.2) is 0 Å². The van der Waals surface area contributed by atoms with Gasteiger partial charge >= 0.3 is 0 Å². The molecule has 1 aliphatic heterocycles. The van der Waals surface area contributed by atoms with Crippen molar-refractivity contribution in [1.82, 2.24) is 0 Å². The van der Waals surface area contributed by atoms with Gasteiger partial charge in [0.2, 0.25) is 0 Å².